The molecular weight excluding hydrogens is 522 g/mol. The van der Waals surface area contributed by atoms with Gasteiger partial charge in [-0.05, 0) is 46.2 Å². The molecule has 2 heterocycles. The third kappa shape index (κ3) is 3.62. The second kappa shape index (κ2) is 9.37. The van der Waals surface area contributed by atoms with Crippen LogP contribution in [0.1, 0.15) is 0 Å². The van der Waals surface area contributed by atoms with Crippen LogP contribution in [0.15, 0.2) is 152 Å². The van der Waals surface area contributed by atoms with Gasteiger partial charge in [0.25, 0.3) is 0 Å². The molecule has 0 radical (unpaired) electrons. The molecule has 200 valence electrons. The van der Waals surface area contributed by atoms with Crippen molar-refractivity contribution in [3.63, 3.8) is 0 Å². The normalized spacial score (nSPS) is 11.7. The number of rotatable bonds is 3. The first kappa shape index (κ1) is 23.9. The summed E-state index contributed by atoms with van der Waals surface area (Å²) in [6, 6.07) is 51.6. The van der Waals surface area contributed by atoms with Crippen LogP contribution in [0.4, 0.5) is 0 Å². The lowest BCUT2D eigenvalue weighted by molar-refractivity contribution is 1.17. The van der Waals surface area contributed by atoms with E-state index in [4.69, 9.17) is 9.97 Å². The van der Waals surface area contributed by atoms with Crippen molar-refractivity contribution in [1.29, 1.82) is 0 Å². The molecule has 7 aromatic carbocycles. The van der Waals surface area contributed by atoms with Crippen LogP contribution in [0.3, 0.4) is 0 Å². The van der Waals surface area contributed by atoms with E-state index in [0.29, 0.717) is 0 Å². The maximum Gasteiger partial charge on any atom is 0.0979 e. The highest BCUT2D eigenvalue weighted by Crippen LogP contribution is 2.39. The number of fused-ring (bicyclic) bond motifs is 9. The molecule has 43 heavy (non-hydrogen) atoms. The Morgan fingerprint density at radius 1 is 0.419 bits per heavy atom. The molecule has 0 fully saturated rings. The molecule has 0 amide bonds. The van der Waals surface area contributed by atoms with Crippen LogP contribution in [0.2, 0.25) is 0 Å². The second-order valence-electron chi connectivity index (χ2n) is 11.0. The Kier molecular flexibility index (Phi) is 5.20. The molecule has 0 saturated heterocycles. The number of nitrogens with zero attached hydrogens (tertiary/aromatic N) is 3. The molecule has 3 nitrogen and oxygen atoms in total. The van der Waals surface area contributed by atoms with Crippen molar-refractivity contribution in [1.82, 2.24) is 14.5 Å². The van der Waals surface area contributed by atoms with Crippen molar-refractivity contribution in [3.05, 3.63) is 152 Å². The van der Waals surface area contributed by atoms with Crippen LogP contribution in [0, 0.1) is 0 Å². The second-order valence-corrected chi connectivity index (χ2v) is 11.0. The molecule has 0 aliphatic heterocycles. The molecule has 9 aromatic rings. The topological polar surface area (TPSA) is 30.7 Å². The Hall–Kier alpha value is -5.80. The maximum atomic E-state index is 5.33. The molecule has 0 saturated carbocycles. The number of benzene rings is 7. The Morgan fingerprint density at radius 2 is 1.02 bits per heavy atom. The molecular formula is C40H25N3. The zero-order valence-corrected chi connectivity index (χ0v) is 23.3. The van der Waals surface area contributed by atoms with Crippen LogP contribution in [0.5, 0.6) is 0 Å². The van der Waals surface area contributed by atoms with Gasteiger partial charge in [0.1, 0.15) is 0 Å². The highest BCUT2D eigenvalue weighted by Gasteiger charge is 2.18. The Balaban J connectivity index is 1.31. The van der Waals surface area contributed by atoms with Gasteiger partial charge in [-0.15, -0.1) is 0 Å². The van der Waals surface area contributed by atoms with Crippen LogP contribution >= 0.6 is 0 Å². The van der Waals surface area contributed by atoms with E-state index >= 15 is 0 Å². The van der Waals surface area contributed by atoms with Gasteiger partial charge in [-0.3, -0.25) is 4.98 Å². The largest absolute Gasteiger partial charge is 0.309 e. The predicted octanol–water partition coefficient (Wildman–Crippen LogP) is 10.4. The van der Waals surface area contributed by atoms with Crippen molar-refractivity contribution >= 4 is 54.4 Å². The lowest BCUT2D eigenvalue weighted by atomic mass is 9.99. The summed E-state index contributed by atoms with van der Waals surface area (Å²) in [5.74, 6) is 0. The Bertz CT molecular complexity index is 2470. The first-order valence-electron chi connectivity index (χ1n) is 14.6. The highest BCUT2D eigenvalue weighted by atomic mass is 15.0. The first-order valence-corrected chi connectivity index (χ1v) is 14.6. The van der Waals surface area contributed by atoms with E-state index in [1.54, 1.807) is 0 Å². The number of hydrogen-bond acceptors (Lipinski definition) is 2. The Morgan fingerprint density at radius 3 is 1.81 bits per heavy atom. The molecule has 0 unspecified atom stereocenters. The first-order chi connectivity index (χ1) is 21.3. The summed E-state index contributed by atoms with van der Waals surface area (Å²) >= 11 is 0. The average Bonchev–Trinajstić information content (AvgIpc) is 3.42. The fourth-order valence-corrected chi connectivity index (χ4v) is 6.68. The highest BCUT2D eigenvalue weighted by molar-refractivity contribution is 6.23. The quantitative estimate of drug-likeness (QED) is 0.206. The number of aromatic nitrogens is 3. The van der Waals surface area contributed by atoms with Crippen molar-refractivity contribution < 1.29 is 0 Å². The molecule has 0 spiro atoms. The summed E-state index contributed by atoms with van der Waals surface area (Å²) in [6.07, 6.45) is 1.93. The van der Waals surface area contributed by atoms with Gasteiger partial charge in [-0.1, -0.05) is 121 Å². The fourth-order valence-electron chi connectivity index (χ4n) is 6.68. The lowest BCUT2D eigenvalue weighted by Crippen LogP contribution is -1.99. The number of hydrogen-bond donors (Lipinski definition) is 0. The van der Waals surface area contributed by atoms with Gasteiger partial charge < -0.3 is 4.57 Å². The zero-order chi connectivity index (χ0) is 28.3. The molecule has 2 aromatic heterocycles. The minimum absolute atomic E-state index is 0.857. The van der Waals surface area contributed by atoms with E-state index < -0.39 is 0 Å². The van der Waals surface area contributed by atoms with Crippen molar-refractivity contribution in [2.45, 2.75) is 0 Å². The van der Waals surface area contributed by atoms with Gasteiger partial charge in [-0.25, -0.2) is 4.98 Å². The predicted molar refractivity (Wildman–Crippen MR) is 180 cm³/mol. The molecule has 0 N–H and O–H groups in total. The van der Waals surface area contributed by atoms with Crippen molar-refractivity contribution in [2.75, 3.05) is 0 Å². The summed E-state index contributed by atoms with van der Waals surface area (Å²) < 4.78 is 2.37. The molecule has 0 aliphatic carbocycles. The molecule has 0 aliphatic rings. The smallest absolute Gasteiger partial charge is 0.0979 e. The standard InChI is InChI=1S/C40H25N3/c1-2-12-26(13-3-1)27-22-23-38-34(24-27)30-16-8-10-20-36(30)43(38)37-21-11-9-19-33(37)35-25-41-39-31-17-6-4-14-28(31)29-15-5-7-18-32(29)40(39)42-35/h1-25H. The van der Waals surface area contributed by atoms with Gasteiger partial charge in [-0.2, -0.15) is 0 Å². The maximum absolute atomic E-state index is 5.33. The minimum Gasteiger partial charge on any atom is -0.309 e. The van der Waals surface area contributed by atoms with Crippen LogP contribution in [-0.2, 0) is 0 Å². The minimum atomic E-state index is 0.857. The van der Waals surface area contributed by atoms with E-state index in [1.807, 2.05) is 6.20 Å². The van der Waals surface area contributed by atoms with Crippen molar-refractivity contribution in [2.24, 2.45) is 0 Å². The Labute approximate surface area is 248 Å². The van der Waals surface area contributed by atoms with Gasteiger partial charge in [0.2, 0.25) is 0 Å². The number of para-hydroxylation sites is 2. The lowest BCUT2D eigenvalue weighted by Gasteiger charge is -2.15. The van der Waals surface area contributed by atoms with Gasteiger partial charge in [0, 0.05) is 27.1 Å². The van der Waals surface area contributed by atoms with Crippen LogP contribution in [-0.4, -0.2) is 14.5 Å². The van der Waals surface area contributed by atoms with Gasteiger partial charge >= 0.3 is 0 Å². The van der Waals surface area contributed by atoms with E-state index in [-0.39, 0.29) is 0 Å². The molecule has 0 bridgehead atoms. The van der Waals surface area contributed by atoms with E-state index in [2.05, 4.69) is 150 Å². The molecule has 3 heteroatoms. The summed E-state index contributed by atoms with van der Waals surface area (Å²) in [5.41, 5.74) is 9.60. The summed E-state index contributed by atoms with van der Waals surface area (Å²) in [6.45, 7) is 0. The fraction of sp³-hybridized carbons (Fsp3) is 0. The summed E-state index contributed by atoms with van der Waals surface area (Å²) in [7, 11) is 0. The van der Waals surface area contributed by atoms with Gasteiger partial charge in [0.05, 0.1) is 39.6 Å². The monoisotopic (exact) mass is 547 g/mol. The molecule has 0 atom stereocenters. The SMILES string of the molecule is c1ccc(-c2ccc3c(c2)c2ccccc2n3-c2ccccc2-c2cnc3c4ccccc4c4ccccc4c3n2)cc1. The van der Waals surface area contributed by atoms with E-state index in [9.17, 15) is 0 Å². The molecule has 9 rings (SSSR count). The van der Waals surface area contributed by atoms with Crippen molar-refractivity contribution in [3.8, 4) is 28.1 Å². The third-order valence-corrected chi connectivity index (χ3v) is 8.63. The summed E-state index contributed by atoms with van der Waals surface area (Å²) in [4.78, 5) is 10.4. The van der Waals surface area contributed by atoms with Crippen LogP contribution < -0.4 is 0 Å². The third-order valence-electron chi connectivity index (χ3n) is 8.63. The van der Waals surface area contributed by atoms with E-state index in [0.717, 1.165) is 38.8 Å². The average molecular weight is 548 g/mol. The summed E-state index contributed by atoms with van der Waals surface area (Å²) in [5, 5.41) is 7.10. The van der Waals surface area contributed by atoms with E-state index in [1.165, 1.54) is 43.7 Å². The van der Waals surface area contributed by atoms with Gasteiger partial charge in [0.15, 0.2) is 0 Å². The van der Waals surface area contributed by atoms with Crippen LogP contribution in [0.25, 0.3) is 82.5 Å². The zero-order valence-electron chi connectivity index (χ0n) is 23.3.